The molecule has 0 saturated carbocycles. The van der Waals surface area contributed by atoms with Crippen LogP contribution in [0.5, 0.6) is 0 Å². The van der Waals surface area contributed by atoms with E-state index in [0.29, 0.717) is 10.6 Å². The molecule has 1 aromatic carbocycles. The van der Waals surface area contributed by atoms with E-state index in [1.165, 1.54) is 0 Å². The van der Waals surface area contributed by atoms with Crippen molar-refractivity contribution in [1.82, 2.24) is 0 Å². The van der Waals surface area contributed by atoms with E-state index in [2.05, 4.69) is 11.2 Å². The van der Waals surface area contributed by atoms with Crippen molar-refractivity contribution in [3.05, 3.63) is 24.3 Å². The number of benzene rings is 1. The van der Waals surface area contributed by atoms with Crippen LogP contribution in [0, 0.1) is 0 Å². The highest BCUT2D eigenvalue weighted by molar-refractivity contribution is 8.29. The zero-order chi connectivity index (χ0) is 10.1. The molecule has 0 aliphatic carbocycles. The van der Waals surface area contributed by atoms with Crippen molar-refractivity contribution in [2.24, 2.45) is 0 Å². The van der Waals surface area contributed by atoms with Gasteiger partial charge in [-0.05, 0) is 12.1 Å². The minimum Gasteiger partial charge on any atom is -0.377 e. The van der Waals surface area contributed by atoms with E-state index in [1.54, 1.807) is 43.3 Å². The SMILES string of the molecule is CN(C)c1ccccc1S(=O)(O)=S. The van der Waals surface area contributed by atoms with E-state index in [9.17, 15) is 8.76 Å². The Labute approximate surface area is 82.9 Å². The van der Waals surface area contributed by atoms with Gasteiger partial charge in [-0.2, -0.15) is 0 Å². The zero-order valence-corrected chi connectivity index (χ0v) is 9.06. The Morgan fingerprint density at radius 1 is 1.38 bits per heavy atom. The summed E-state index contributed by atoms with van der Waals surface area (Å²) in [5, 5.41) is 0. The van der Waals surface area contributed by atoms with Crippen LogP contribution in [0.4, 0.5) is 5.69 Å². The lowest BCUT2D eigenvalue weighted by atomic mass is 10.3. The van der Waals surface area contributed by atoms with Gasteiger partial charge in [0, 0.05) is 25.3 Å². The number of para-hydroxylation sites is 1. The molecule has 0 amide bonds. The summed E-state index contributed by atoms with van der Waals surface area (Å²) in [6.07, 6.45) is 0. The minimum absolute atomic E-state index is 0.301. The monoisotopic (exact) mass is 217 g/mol. The first-order valence-electron chi connectivity index (χ1n) is 3.67. The Morgan fingerprint density at radius 2 is 1.92 bits per heavy atom. The van der Waals surface area contributed by atoms with Crippen LogP contribution in [0.2, 0.25) is 0 Å². The fourth-order valence-corrected chi connectivity index (χ4v) is 2.23. The van der Waals surface area contributed by atoms with Crippen molar-refractivity contribution in [2.45, 2.75) is 4.90 Å². The van der Waals surface area contributed by atoms with E-state index >= 15 is 0 Å². The molecule has 72 valence electrons. The first-order chi connectivity index (χ1) is 5.93. The number of anilines is 1. The molecule has 0 spiro atoms. The van der Waals surface area contributed by atoms with Gasteiger partial charge in [0.25, 0.3) is 0 Å². The topological polar surface area (TPSA) is 40.5 Å². The van der Waals surface area contributed by atoms with E-state index in [-0.39, 0.29) is 0 Å². The van der Waals surface area contributed by atoms with Crippen molar-refractivity contribution in [2.75, 3.05) is 19.0 Å². The lowest BCUT2D eigenvalue weighted by Crippen LogP contribution is -2.12. The van der Waals surface area contributed by atoms with Crippen LogP contribution < -0.4 is 4.90 Å². The highest BCUT2D eigenvalue weighted by atomic mass is 32.8. The van der Waals surface area contributed by atoms with Gasteiger partial charge in [-0.1, -0.05) is 12.1 Å². The maximum absolute atomic E-state index is 11.3. The molecule has 0 radical (unpaired) electrons. The van der Waals surface area contributed by atoms with Crippen LogP contribution in [0.25, 0.3) is 0 Å². The Morgan fingerprint density at radius 3 is 2.31 bits per heavy atom. The summed E-state index contributed by atoms with van der Waals surface area (Å²) >= 11 is 4.51. The number of rotatable bonds is 2. The molecule has 1 rings (SSSR count). The largest absolute Gasteiger partial charge is 0.377 e. The standard InChI is InChI=1S/C8H11NO2S2/c1-9(2)7-5-3-4-6-8(7)13(10,11)12/h3-6H,1-2H3,(H,10,11,12). The van der Waals surface area contributed by atoms with Crippen LogP contribution >= 0.6 is 0 Å². The van der Waals surface area contributed by atoms with E-state index in [0.717, 1.165) is 0 Å². The molecule has 0 heterocycles. The van der Waals surface area contributed by atoms with Crippen molar-refractivity contribution >= 4 is 25.6 Å². The minimum atomic E-state index is -3.29. The van der Waals surface area contributed by atoms with Gasteiger partial charge in [-0.25, -0.2) is 4.21 Å². The second-order valence-electron chi connectivity index (χ2n) is 2.84. The Hall–Kier alpha value is -0.650. The molecule has 0 aliphatic heterocycles. The quantitative estimate of drug-likeness (QED) is 0.811. The predicted molar refractivity (Wildman–Crippen MR) is 57.2 cm³/mol. The predicted octanol–water partition coefficient (Wildman–Crippen LogP) is 1.33. The van der Waals surface area contributed by atoms with Gasteiger partial charge >= 0.3 is 0 Å². The summed E-state index contributed by atoms with van der Waals surface area (Å²) in [4.78, 5) is 2.06. The van der Waals surface area contributed by atoms with Gasteiger partial charge in [-0.3, -0.25) is 0 Å². The first-order valence-corrected chi connectivity index (χ1v) is 6.11. The second kappa shape index (κ2) is 3.61. The smallest absolute Gasteiger partial charge is 0.173 e. The molecule has 1 unspecified atom stereocenters. The van der Waals surface area contributed by atoms with E-state index < -0.39 is 8.77 Å². The molecule has 1 atom stereocenters. The van der Waals surface area contributed by atoms with Crippen LogP contribution in [0.1, 0.15) is 0 Å². The number of nitrogens with zero attached hydrogens (tertiary/aromatic N) is 1. The number of hydrogen-bond acceptors (Lipinski definition) is 3. The van der Waals surface area contributed by atoms with Gasteiger partial charge < -0.3 is 9.45 Å². The highest BCUT2D eigenvalue weighted by Gasteiger charge is 2.11. The Bertz CT molecular complexity index is 398. The molecular formula is C8H11NO2S2. The van der Waals surface area contributed by atoms with E-state index in [4.69, 9.17) is 0 Å². The normalized spacial score (nSPS) is 15.0. The average molecular weight is 217 g/mol. The summed E-state index contributed by atoms with van der Waals surface area (Å²) in [6, 6.07) is 6.84. The lowest BCUT2D eigenvalue weighted by molar-refractivity contribution is 0.561. The first kappa shape index (κ1) is 10.4. The van der Waals surface area contributed by atoms with Crippen molar-refractivity contribution < 1.29 is 8.76 Å². The summed E-state index contributed by atoms with van der Waals surface area (Å²) in [7, 11) is 0.323. The molecule has 0 bridgehead atoms. The molecule has 0 fully saturated rings. The van der Waals surface area contributed by atoms with Gasteiger partial charge in [0.15, 0.2) is 8.77 Å². The lowest BCUT2D eigenvalue weighted by Gasteiger charge is -2.16. The molecule has 13 heavy (non-hydrogen) atoms. The third-order valence-corrected chi connectivity index (χ3v) is 3.06. The van der Waals surface area contributed by atoms with Gasteiger partial charge in [0.05, 0.1) is 10.6 Å². The van der Waals surface area contributed by atoms with Crippen molar-refractivity contribution in [3.63, 3.8) is 0 Å². The fourth-order valence-electron chi connectivity index (χ4n) is 1.04. The Kier molecular flexibility index (Phi) is 2.90. The second-order valence-corrected chi connectivity index (χ2v) is 5.58. The fraction of sp³-hybridized carbons (Fsp3) is 0.250. The molecule has 5 heteroatoms. The summed E-state index contributed by atoms with van der Waals surface area (Å²) in [6.45, 7) is 0. The molecular weight excluding hydrogens is 206 g/mol. The molecule has 3 nitrogen and oxygen atoms in total. The van der Waals surface area contributed by atoms with Crippen molar-refractivity contribution in [3.8, 4) is 0 Å². The zero-order valence-electron chi connectivity index (χ0n) is 7.43. The summed E-state index contributed by atoms with van der Waals surface area (Å²) in [5.41, 5.74) is 0.685. The number of hydrogen-bond donors (Lipinski definition) is 1. The molecule has 0 aromatic heterocycles. The Balaban J connectivity index is 3.37. The molecule has 0 saturated heterocycles. The molecule has 0 aliphatic rings. The van der Waals surface area contributed by atoms with Crippen LogP contribution in [0.15, 0.2) is 29.2 Å². The van der Waals surface area contributed by atoms with Gasteiger partial charge in [0.2, 0.25) is 0 Å². The van der Waals surface area contributed by atoms with Crippen LogP contribution in [0.3, 0.4) is 0 Å². The van der Waals surface area contributed by atoms with Crippen LogP contribution in [-0.4, -0.2) is 22.9 Å². The maximum Gasteiger partial charge on any atom is 0.173 e. The van der Waals surface area contributed by atoms with E-state index in [1.807, 2.05) is 0 Å². The third kappa shape index (κ3) is 2.40. The average Bonchev–Trinajstić information content (AvgIpc) is 2.03. The third-order valence-electron chi connectivity index (χ3n) is 1.62. The van der Waals surface area contributed by atoms with Crippen molar-refractivity contribution in [1.29, 1.82) is 0 Å². The maximum atomic E-state index is 11.3. The summed E-state index contributed by atoms with van der Waals surface area (Å²) in [5.74, 6) is 0. The molecule has 1 aromatic rings. The summed E-state index contributed by atoms with van der Waals surface area (Å²) < 4.78 is 20.5. The van der Waals surface area contributed by atoms with Crippen LogP contribution in [-0.2, 0) is 20.0 Å². The van der Waals surface area contributed by atoms with Gasteiger partial charge in [-0.15, -0.1) is 0 Å². The van der Waals surface area contributed by atoms with Gasteiger partial charge in [0.1, 0.15) is 0 Å². The molecule has 1 N–H and O–H groups in total. The highest BCUT2D eigenvalue weighted by Crippen LogP contribution is 2.22.